The number of carbonyl (C=O) groups excluding carboxylic acids is 4. The van der Waals surface area contributed by atoms with Crippen LogP contribution in [0.2, 0.25) is 0 Å². The zero-order chi connectivity index (χ0) is 21.4. The summed E-state index contributed by atoms with van der Waals surface area (Å²) in [5, 5.41) is 7.38. The van der Waals surface area contributed by atoms with Crippen molar-refractivity contribution < 1.29 is 19.2 Å². The summed E-state index contributed by atoms with van der Waals surface area (Å²) in [6, 6.07) is 7.38. The Morgan fingerprint density at radius 1 is 1.10 bits per heavy atom. The average molecular weight is 409 g/mol. The van der Waals surface area contributed by atoms with Gasteiger partial charge in [0.15, 0.2) is 5.69 Å². The molecule has 0 atom stereocenters. The highest BCUT2D eigenvalue weighted by Gasteiger charge is 2.41. The van der Waals surface area contributed by atoms with Crippen molar-refractivity contribution in [3.63, 3.8) is 0 Å². The monoisotopic (exact) mass is 409 g/mol. The van der Waals surface area contributed by atoms with Crippen LogP contribution in [-0.4, -0.2) is 63.5 Å². The summed E-state index contributed by atoms with van der Waals surface area (Å²) in [6.45, 7) is 2.36. The highest BCUT2D eigenvalue weighted by atomic mass is 16.2. The van der Waals surface area contributed by atoms with Gasteiger partial charge in [-0.15, -0.1) is 0 Å². The number of fused-ring (bicyclic) bond motifs is 1. The first-order valence-corrected chi connectivity index (χ1v) is 9.98. The van der Waals surface area contributed by atoms with E-state index in [-0.39, 0.29) is 19.0 Å². The minimum absolute atomic E-state index is 0.0734. The fourth-order valence-corrected chi connectivity index (χ4v) is 3.85. The van der Waals surface area contributed by atoms with Crippen LogP contribution < -0.4 is 5.32 Å². The molecule has 156 valence electrons. The van der Waals surface area contributed by atoms with Crippen molar-refractivity contribution in [1.82, 2.24) is 24.9 Å². The Balaban J connectivity index is 1.40. The van der Waals surface area contributed by atoms with Crippen molar-refractivity contribution in [2.75, 3.05) is 20.1 Å². The number of likely N-dealkylation sites (N-methyl/N-ethyl adjacent to an activating group) is 1. The van der Waals surface area contributed by atoms with E-state index in [0.717, 1.165) is 51.6 Å². The SMILES string of the molecule is Cc1ccc(-n2nc(C(=O)NCCCN3C(=O)C(=O)N(C)C3=O)c3c2CCC3)cc1. The van der Waals surface area contributed by atoms with E-state index in [9.17, 15) is 19.2 Å². The molecule has 0 bridgehead atoms. The maximum absolute atomic E-state index is 12.7. The van der Waals surface area contributed by atoms with Gasteiger partial charge in [-0.3, -0.25) is 24.2 Å². The van der Waals surface area contributed by atoms with Crippen molar-refractivity contribution in [3.8, 4) is 5.69 Å². The van der Waals surface area contributed by atoms with Crippen LogP contribution in [0.5, 0.6) is 0 Å². The van der Waals surface area contributed by atoms with Crippen LogP contribution in [0, 0.1) is 6.92 Å². The van der Waals surface area contributed by atoms with Gasteiger partial charge in [0.1, 0.15) is 0 Å². The second-order valence-electron chi connectivity index (χ2n) is 7.59. The molecular weight excluding hydrogens is 386 g/mol. The molecule has 1 aromatic heterocycles. The highest BCUT2D eigenvalue weighted by Crippen LogP contribution is 2.28. The highest BCUT2D eigenvalue weighted by molar-refractivity contribution is 6.44. The van der Waals surface area contributed by atoms with Crippen LogP contribution >= 0.6 is 0 Å². The molecule has 1 saturated heterocycles. The molecule has 30 heavy (non-hydrogen) atoms. The molecule has 2 heterocycles. The normalized spacial score (nSPS) is 15.9. The van der Waals surface area contributed by atoms with Gasteiger partial charge in [-0.2, -0.15) is 5.10 Å². The van der Waals surface area contributed by atoms with Crippen LogP contribution in [-0.2, 0) is 22.4 Å². The van der Waals surface area contributed by atoms with E-state index in [1.165, 1.54) is 7.05 Å². The van der Waals surface area contributed by atoms with Crippen LogP contribution in [0.25, 0.3) is 5.69 Å². The van der Waals surface area contributed by atoms with Gasteiger partial charge in [-0.25, -0.2) is 9.48 Å². The molecule has 9 heteroatoms. The summed E-state index contributed by atoms with van der Waals surface area (Å²) >= 11 is 0. The Bertz CT molecular complexity index is 1040. The lowest BCUT2D eigenvalue weighted by Crippen LogP contribution is -2.35. The minimum Gasteiger partial charge on any atom is -0.351 e. The van der Waals surface area contributed by atoms with Gasteiger partial charge >= 0.3 is 17.8 Å². The summed E-state index contributed by atoms with van der Waals surface area (Å²) in [6.07, 6.45) is 3.03. The van der Waals surface area contributed by atoms with Gasteiger partial charge in [0.05, 0.1) is 5.69 Å². The molecule has 0 unspecified atom stereocenters. The molecule has 1 N–H and O–H groups in total. The van der Waals surface area contributed by atoms with E-state index in [4.69, 9.17) is 0 Å². The molecule has 0 radical (unpaired) electrons. The van der Waals surface area contributed by atoms with Gasteiger partial charge in [-0.1, -0.05) is 17.7 Å². The summed E-state index contributed by atoms with van der Waals surface area (Å²) in [5.74, 6) is -1.93. The standard InChI is InChI=1S/C21H23N5O4/c1-13-7-9-14(10-8-13)26-16-6-3-5-15(16)17(23-26)18(27)22-11-4-12-25-20(29)19(28)24(2)21(25)30/h7-10H,3-6,11-12H2,1-2H3,(H,22,27). The van der Waals surface area contributed by atoms with Crippen molar-refractivity contribution in [1.29, 1.82) is 0 Å². The number of carbonyl (C=O) groups is 4. The van der Waals surface area contributed by atoms with E-state index >= 15 is 0 Å². The van der Waals surface area contributed by atoms with Gasteiger partial charge in [0.25, 0.3) is 5.91 Å². The molecule has 4 rings (SSSR count). The number of urea groups is 1. The number of rotatable bonds is 6. The molecule has 1 aliphatic heterocycles. The fourth-order valence-electron chi connectivity index (χ4n) is 3.85. The molecule has 0 saturated carbocycles. The second-order valence-corrected chi connectivity index (χ2v) is 7.59. The van der Waals surface area contributed by atoms with Gasteiger partial charge in [0, 0.05) is 31.4 Å². The van der Waals surface area contributed by atoms with E-state index in [1.807, 2.05) is 35.9 Å². The van der Waals surface area contributed by atoms with E-state index in [1.54, 1.807) is 0 Å². The third-order valence-electron chi connectivity index (χ3n) is 5.52. The molecule has 9 nitrogen and oxygen atoms in total. The van der Waals surface area contributed by atoms with E-state index in [2.05, 4.69) is 10.4 Å². The molecule has 5 amide bonds. The van der Waals surface area contributed by atoms with Crippen LogP contribution in [0.3, 0.4) is 0 Å². The Morgan fingerprint density at radius 3 is 2.50 bits per heavy atom. The third-order valence-corrected chi connectivity index (χ3v) is 5.52. The number of benzene rings is 1. The smallest absolute Gasteiger partial charge is 0.333 e. The van der Waals surface area contributed by atoms with Crippen LogP contribution in [0.15, 0.2) is 24.3 Å². The summed E-state index contributed by atoms with van der Waals surface area (Å²) in [4.78, 5) is 49.6. The second kappa shape index (κ2) is 7.74. The zero-order valence-electron chi connectivity index (χ0n) is 17.0. The van der Waals surface area contributed by atoms with Gasteiger partial charge in [-0.05, 0) is 44.7 Å². The number of nitrogens with one attached hydrogen (secondary N) is 1. The molecular formula is C21H23N5O4. The van der Waals surface area contributed by atoms with Crippen molar-refractivity contribution in [3.05, 3.63) is 46.8 Å². The predicted octanol–water partition coefficient (Wildman–Crippen LogP) is 1.21. The van der Waals surface area contributed by atoms with Crippen LogP contribution in [0.1, 0.15) is 40.2 Å². The fraction of sp³-hybridized carbons (Fsp3) is 0.381. The number of imide groups is 2. The number of amides is 5. The van der Waals surface area contributed by atoms with Crippen molar-refractivity contribution in [2.24, 2.45) is 0 Å². The van der Waals surface area contributed by atoms with Gasteiger partial charge in [0.2, 0.25) is 0 Å². The Labute approximate surface area is 173 Å². The molecule has 2 aliphatic rings. The number of hydrogen-bond acceptors (Lipinski definition) is 5. The lowest BCUT2D eigenvalue weighted by atomic mass is 10.2. The summed E-state index contributed by atoms with van der Waals surface area (Å²) in [7, 11) is 1.27. The predicted molar refractivity (Wildman–Crippen MR) is 107 cm³/mol. The van der Waals surface area contributed by atoms with E-state index < -0.39 is 17.8 Å². The number of hydrogen-bond donors (Lipinski definition) is 1. The maximum atomic E-state index is 12.7. The first kappa shape index (κ1) is 19.8. The number of aromatic nitrogens is 2. The lowest BCUT2D eigenvalue weighted by molar-refractivity contribution is -0.142. The molecule has 0 spiro atoms. The maximum Gasteiger partial charge on any atom is 0.333 e. The lowest BCUT2D eigenvalue weighted by Gasteiger charge is -2.12. The van der Waals surface area contributed by atoms with Crippen molar-refractivity contribution >= 4 is 23.8 Å². The first-order valence-electron chi connectivity index (χ1n) is 9.98. The summed E-state index contributed by atoms with van der Waals surface area (Å²) in [5.41, 5.74) is 4.55. The minimum atomic E-state index is -0.832. The molecule has 1 aliphatic carbocycles. The third kappa shape index (κ3) is 3.36. The first-order chi connectivity index (χ1) is 14.4. The largest absolute Gasteiger partial charge is 0.351 e. The zero-order valence-corrected chi connectivity index (χ0v) is 17.0. The Kier molecular flexibility index (Phi) is 5.11. The molecule has 2 aromatic rings. The quantitative estimate of drug-likeness (QED) is 0.439. The van der Waals surface area contributed by atoms with Gasteiger partial charge < -0.3 is 5.32 Å². The topological polar surface area (TPSA) is 105 Å². The van der Waals surface area contributed by atoms with Crippen molar-refractivity contribution in [2.45, 2.75) is 32.6 Å². The van der Waals surface area contributed by atoms with E-state index in [0.29, 0.717) is 12.1 Å². The Morgan fingerprint density at radius 2 is 1.83 bits per heavy atom. The van der Waals surface area contributed by atoms with Crippen LogP contribution in [0.4, 0.5) is 4.79 Å². The Hall–Kier alpha value is -3.49. The molecule has 1 aromatic carbocycles. The number of nitrogens with zero attached hydrogens (tertiary/aromatic N) is 4. The number of aryl methyl sites for hydroxylation is 1. The average Bonchev–Trinajstić information content (AvgIpc) is 3.39. The summed E-state index contributed by atoms with van der Waals surface area (Å²) < 4.78 is 1.85. The molecule has 1 fully saturated rings.